The highest BCUT2D eigenvalue weighted by Gasteiger charge is 2.21. The van der Waals surface area contributed by atoms with Crippen LogP contribution < -0.4 is 5.32 Å². The number of fused-ring (bicyclic) bond motifs is 1. The molecule has 0 spiro atoms. The second-order valence-corrected chi connectivity index (χ2v) is 6.47. The zero-order chi connectivity index (χ0) is 15.6. The Hall–Kier alpha value is -1.81. The van der Waals surface area contributed by atoms with Crippen molar-refractivity contribution in [3.05, 3.63) is 36.1 Å². The molecule has 0 saturated heterocycles. The minimum atomic E-state index is -0.0910. The van der Waals surface area contributed by atoms with Crippen molar-refractivity contribution in [3.63, 3.8) is 0 Å². The van der Waals surface area contributed by atoms with E-state index in [2.05, 4.69) is 5.32 Å². The predicted molar refractivity (Wildman–Crippen MR) is 85.2 cm³/mol. The van der Waals surface area contributed by atoms with E-state index < -0.39 is 0 Å². The van der Waals surface area contributed by atoms with Crippen molar-refractivity contribution >= 4 is 16.9 Å². The Kier molecular flexibility index (Phi) is 4.37. The Bertz CT molecular complexity index is 592. The summed E-state index contributed by atoms with van der Waals surface area (Å²) in [6, 6.07) is 9.79. The molecule has 0 bridgehead atoms. The molecule has 1 aromatic heterocycles. The Morgan fingerprint density at radius 3 is 2.62 bits per heavy atom. The first-order chi connectivity index (χ1) is 9.78. The Morgan fingerprint density at radius 2 is 2.00 bits per heavy atom. The maximum Gasteiger partial charge on any atom is 0.236 e. The van der Waals surface area contributed by atoms with Gasteiger partial charge < -0.3 is 14.6 Å². The van der Waals surface area contributed by atoms with E-state index in [1.807, 2.05) is 65.1 Å². The summed E-state index contributed by atoms with van der Waals surface area (Å²) in [7, 11) is 1.81. The molecular formula is C17H24N2O2. The molecule has 2 rings (SSSR count). The molecule has 0 fully saturated rings. The van der Waals surface area contributed by atoms with Gasteiger partial charge in [0.05, 0.1) is 12.6 Å². The lowest BCUT2D eigenvalue weighted by Gasteiger charge is -2.26. The van der Waals surface area contributed by atoms with Crippen molar-refractivity contribution in [2.24, 2.45) is 0 Å². The molecule has 1 N–H and O–H groups in total. The van der Waals surface area contributed by atoms with Gasteiger partial charge in [0.15, 0.2) is 0 Å². The van der Waals surface area contributed by atoms with Gasteiger partial charge in [-0.3, -0.25) is 4.79 Å². The average Bonchev–Trinajstić information content (AvgIpc) is 2.86. The van der Waals surface area contributed by atoms with Gasteiger partial charge in [0.1, 0.15) is 11.3 Å². The van der Waals surface area contributed by atoms with Crippen molar-refractivity contribution in [2.75, 3.05) is 13.6 Å². The molecule has 0 saturated carbocycles. The van der Waals surface area contributed by atoms with Gasteiger partial charge in [-0.25, -0.2) is 0 Å². The zero-order valence-corrected chi connectivity index (χ0v) is 13.4. The minimum Gasteiger partial charge on any atom is -0.459 e. The summed E-state index contributed by atoms with van der Waals surface area (Å²) in [5.74, 6) is 0.862. The van der Waals surface area contributed by atoms with Crippen molar-refractivity contribution in [1.29, 1.82) is 0 Å². The average molecular weight is 288 g/mol. The number of para-hydroxylation sites is 1. The van der Waals surface area contributed by atoms with Crippen molar-refractivity contribution in [3.8, 4) is 0 Å². The molecule has 4 heteroatoms. The molecule has 1 aromatic carbocycles. The molecule has 1 heterocycles. The number of nitrogens with zero attached hydrogens (tertiary/aromatic N) is 1. The Morgan fingerprint density at radius 1 is 1.33 bits per heavy atom. The van der Waals surface area contributed by atoms with Gasteiger partial charge in [0, 0.05) is 18.0 Å². The maximum absolute atomic E-state index is 12.2. The van der Waals surface area contributed by atoms with Crippen LogP contribution in [-0.4, -0.2) is 29.9 Å². The summed E-state index contributed by atoms with van der Waals surface area (Å²) >= 11 is 0. The highest BCUT2D eigenvalue weighted by molar-refractivity contribution is 5.80. The number of rotatable bonds is 4. The van der Waals surface area contributed by atoms with Crippen LogP contribution >= 0.6 is 0 Å². The van der Waals surface area contributed by atoms with E-state index in [4.69, 9.17) is 4.42 Å². The van der Waals surface area contributed by atoms with E-state index in [1.54, 1.807) is 4.90 Å². The van der Waals surface area contributed by atoms with Gasteiger partial charge in [-0.1, -0.05) is 18.2 Å². The largest absolute Gasteiger partial charge is 0.459 e. The summed E-state index contributed by atoms with van der Waals surface area (Å²) in [5, 5.41) is 4.28. The van der Waals surface area contributed by atoms with Crippen molar-refractivity contribution < 1.29 is 9.21 Å². The molecule has 0 aliphatic rings. The van der Waals surface area contributed by atoms with E-state index in [-0.39, 0.29) is 17.5 Å². The molecule has 0 aliphatic carbocycles. The summed E-state index contributed by atoms with van der Waals surface area (Å²) in [5.41, 5.74) is 0.784. The van der Waals surface area contributed by atoms with Crippen LogP contribution in [0.15, 0.2) is 34.7 Å². The lowest BCUT2D eigenvalue weighted by molar-refractivity contribution is -0.131. The lowest BCUT2D eigenvalue weighted by Crippen LogP contribution is -2.44. The monoisotopic (exact) mass is 288 g/mol. The molecule has 114 valence electrons. The molecule has 21 heavy (non-hydrogen) atoms. The van der Waals surface area contributed by atoms with Crippen LogP contribution in [0.25, 0.3) is 11.0 Å². The van der Waals surface area contributed by atoms with Gasteiger partial charge in [-0.15, -0.1) is 0 Å². The van der Waals surface area contributed by atoms with Crippen LogP contribution in [-0.2, 0) is 4.79 Å². The quantitative estimate of drug-likeness (QED) is 0.938. The third-order valence-electron chi connectivity index (χ3n) is 3.60. The topological polar surface area (TPSA) is 45.5 Å². The van der Waals surface area contributed by atoms with Crippen LogP contribution in [0.2, 0.25) is 0 Å². The molecular weight excluding hydrogens is 264 g/mol. The lowest BCUT2D eigenvalue weighted by atomic mass is 10.1. The molecule has 0 radical (unpaired) electrons. The number of carbonyl (C=O) groups is 1. The molecule has 2 aromatic rings. The van der Waals surface area contributed by atoms with E-state index in [1.165, 1.54) is 0 Å². The van der Waals surface area contributed by atoms with Crippen molar-refractivity contribution in [1.82, 2.24) is 10.2 Å². The smallest absolute Gasteiger partial charge is 0.236 e. The van der Waals surface area contributed by atoms with Gasteiger partial charge in [-0.2, -0.15) is 0 Å². The highest BCUT2D eigenvalue weighted by atomic mass is 16.3. The number of nitrogens with one attached hydrogen (secondary N) is 1. The first-order valence-corrected chi connectivity index (χ1v) is 7.27. The summed E-state index contributed by atoms with van der Waals surface area (Å²) in [6.07, 6.45) is 0. The van der Waals surface area contributed by atoms with E-state index in [9.17, 15) is 4.79 Å². The number of hydrogen-bond donors (Lipinski definition) is 1. The SMILES string of the molecule is CC(c1cc2ccccc2o1)N(C)C(=O)CNC(C)(C)C. The molecule has 1 unspecified atom stereocenters. The number of amides is 1. The number of hydrogen-bond acceptors (Lipinski definition) is 3. The first kappa shape index (κ1) is 15.6. The van der Waals surface area contributed by atoms with Crippen LogP contribution in [0.1, 0.15) is 39.5 Å². The zero-order valence-electron chi connectivity index (χ0n) is 13.4. The van der Waals surface area contributed by atoms with Crippen LogP contribution in [0.3, 0.4) is 0 Å². The van der Waals surface area contributed by atoms with Gasteiger partial charge in [0.2, 0.25) is 5.91 Å². The number of carbonyl (C=O) groups excluding carboxylic acids is 1. The van der Waals surface area contributed by atoms with Crippen LogP contribution in [0, 0.1) is 0 Å². The third-order valence-corrected chi connectivity index (χ3v) is 3.60. The minimum absolute atomic E-state index is 0.0536. The fourth-order valence-electron chi connectivity index (χ4n) is 2.08. The second-order valence-electron chi connectivity index (χ2n) is 6.47. The molecule has 0 aliphatic heterocycles. The standard InChI is InChI=1S/C17H24N2O2/c1-12(19(5)16(20)11-18-17(2,3)4)15-10-13-8-6-7-9-14(13)21-15/h6-10,12,18H,11H2,1-5H3. The second kappa shape index (κ2) is 5.90. The molecule has 1 amide bonds. The number of likely N-dealkylation sites (N-methyl/N-ethyl adjacent to an activating group) is 1. The van der Waals surface area contributed by atoms with E-state index >= 15 is 0 Å². The summed E-state index contributed by atoms with van der Waals surface area (Å²) < 4.78 is 5.83. The predicted octanol–water partition coefficient (Wildman–Crippen LogP) is 3.34. The van der Waals surface area contributed by atoms with Crippen LogP contribution in [0.4, 0.5) is 0 Å². The highest BCUT2D eigenvalue weighted by Crippen LogP contribution is 2.26. The van der Waals surface area contributed by atoms with Crippen molar-refractivity contribution in [2.45, 2.75) is 39.3 Å². The fourth-order valence-corrected chi connectivity index (χ4v) is 2.08. The fraction of sp³-hybridized carbons (Fsp3) is 0.471. The summed E-state index contributed by atoms with van der Waals surface area (Å²) in [6.45, 7) is 8.44. The molecule has 4 nitrogen and oxygen atoms in total. The maximum atomic E-state index is 12.2. The van der Waals surface area contributed by atoms with Gasteiger partial charge in [0.25, 0.3) is 0 Å². The Balaban J connectivity index is 2.07. The Labute approximate surface area is 126 Å². The third kappa shape index (κ3) is 3.85. The molecule has 1 atom stereocenters. The van der Waals surface area contributed by atoms with E-state index in [0.717, 1.165) is 16.7 Å². The normalized spacial score (nSPS) is 13.4. The number of benzene rings is 1. The number of furan rings is 1. The summed E-state index contributed by atoms with van der Waals surface area (Å²) in [4.78, 5) is 14.0. The first-order valence-electron chi connectivity index (χ1n) is 7.27. The van der Waals surface area contributed by atoms with Gasteiger partial charge in [-0.05, 0) is 39.8 Å². The van der Waals surface area contributed by atoms with Gasteiger partial charge >= 0.3 is 0 Å². The van der Waals surface area contributed by atoms with E-state index in [0.29, 0.717) is 6.54 Å². The van der Waals surface area contributed by atoms with Crippen LogP contribution in [0.5, 0.6) is 0 Å².